The fraction of sp³-hybridized carbons (Fsp3) is 0.526. The van der Waals surface area contributed by atoms with E-state index in [9.17, 15) is 4.79 Å². The van der Waals surface area contributed by atoms with Gasteiger partial charge in [-0.1, -0.05) is 28.9 Å². The Balaban J connectivity index is 1.82. The van der Waals surface area contributed by atoms with Crippen LogP contribution in [0.25, 0.3) is 11.4 Å². The van der Waals surface area contributed by atoms with Crippen molar-refractivity contribution in [2.75, 3.05) is 6.54 Å². The lowest BCUT2D eigenvalue weighted by Gasteiger charge is -2.34. The van der Waals surface area contributed by atoms with Crippen molar-refractivity contribution in [2.45, 2.75) is 58.6 Å². The van der Waals surface area contributed by atoms with Crippen molar-refractivity contribution in [3.05, 3.63) is 35.7 Å². The molecular weight excluding hydrogens is 318 g/mol. The minimum absolute atomic E-state index is 0.227. The monoisotopic (exact) mass is 343 g/mol. The van der Waals surface area contributed by atoms with E-state index in [0.717, 1.165) is 30.4 Å². The number of carbonyl (C=O) groups is 1. The van der Waals surface area contributed by atoms with Crippen LogP contribution in [0.2, 0.25) is 0 Å². The number of carbonyl (C=O) groups excluding carboxylic acids is 1. The highest BCUT2D eigenvalue weighted by Gasteiger charge is 2.34. The molecule has 1 amide bonds. The van der Waals surface area contributed by atoms with E-state index in [0.29, 0.717) is 18.3 Å². The molecule has 1 aromatic heterocycles. The maximum atomic E-state index is 12.5. The molecule has 2 heterocycles. The lowest BCUT2D eigenvalue weighted by atomic mass is 10.0. The highest BCUT2D eigenvalue weighted by Crippen LogP contribution is 2.32. The number of aromatic nitrogens is 2. The highest BCUT2D eigenvalue weighted by molar-refractivity contribution is 5.69. The van der Waals surface area contributed by atoms with Crippen LogP contribution >= 0.6 is 0 Å². The molecule has 25 heavy (non-hydrogen) atoms. The van der Waals surface area contributed by atoms with Gasteiger partial charge in [0.15, 0.2) is 0 Å². The molecule has 6 heteroatoms. The summed E-state index contributed by atoms with van der Waals surface area (Å²) in [6.45, 7) is 8.27. The lowest BCUT2D eigenvalue weighted by Crippen LogP contribution is -2.42. The van der Waals surface area contributed by atoms with Gasteiger partial charge in [0.2, 0.25) is 11.7 Å². The van der Waals surface area contributed by atoms with Crippen molar-refractivity contribution < 1.29 is 14.1 Å². The highest BCUT2D eigenvalue weighted by atomic mass is 16.6. The number of likely N-dealkylation sites (tertiary alicyclic amines) is 1. The maximum absolute atomic E-state index is 12.5. The lowest BCUT2D eigenvalue weighted by molar-refractivity contribution is 0.00538. The van der Waals surface area contributed by atoms with Gasteiger partial charge in [0.25, 0.3) is 0 Å². The van der Waals surface area contributed by atoms with E-state index in [1.807, 2.05) is 52.0 Å². The third-order valence-corrected chi connectivity index (χ3v) is 4.13. The quantitative estimate of drug-likeness (QED) is 0.802. The molecule has 0 aliphatic carbocycles. The fourth-order valence-electron chi connectivity index (χ4n) is 3.00. The molecule has 0 N–H and O–H groups in total. The smallest absolute Gasteiger partial charge is 0.410 e. The summed E-state index contributed by atoms with van der Waals surface area (Å²) in [5, 5.41) is 4.11. The number of amides is 1. The molecule has 3 rings (SSSR count). The number of hydrogen-bond donors (Lipinski definition) is 0. The van der Waals surface area contributed by atoms with Crippen molar-refractivity contribution in [1.29, 1.82) is 0 Å². The van der Waals surface area contributed by atoms with Gasteiger partial charge in [0.05, 0.1) is 0 Å². The number of hydrogen-bond acceptors (Lipinski definition) is 5. The SMILES string of the molecule is Cc1cccc(-c2noc(C3CCCCN3C(=O)OC(C)(C)C)n2)c1. The molecule has 1 atom stereocenters. The molecule has 1 unspecified atom stereocenters. The first-order valence-corrected chi connectivity index (χ1v) is 8.74. The summed E-state index contributed by atoms with van der Waals surface area (Å²) in [6.07, 6.45) is 2.45. The van der Waals surface area contributed by atoms with Crippen molar-refractivity contribution in [2.24, 2.45) is 0 Å². The summed E-state index contributed by atoms with van der Waals surface area (Å²) >= 11 is 0. The summed E-state index contributed by atoms with van der Waals surface area (Å²) in [5.41, 5.74) is 1.52. The number of nitrogens with zero attached hydrogens (tertiary/aromatic N) is 3. The summed E-state index contributed by atoms with van der Waals surface area (Å²) in [5.74, 6) is 1.02. The third-order valence-electron chi connectivity index (χ3n) is 4.13. The van der Waals surface area contributed by atoms with Gasteiger partial charge in [-0.3, -0.25) is 4.90 Å². The average molecular weight is 343 g/mol. The number of benzene rings is 1. The normalized spacial score (nSPS) is 18.2. The van der Waals surface area contributed by atoms with Crippen LogP contribution < -0.4 is 0 Å². The van der Waals surface area contributed by atoms with E-state index >= 15 is 0 Å². The molecule has 1 aliphatic rings. The fourth-order valence-corrected chi connectivity index (χ4v) is 3.00. The number of piperidine rings is 1. The summed E-state index contributed by atoms with van der Waals surface area (Å²) < 4.78 is 11.0. The van der Waals surface area contributed by atoms with Crippen molar-refractivity contribution >= 4 is 6.09 Å². The Kier molecular flexibility index (Phi) is 4.79. The van der Waals surface area contributed by atoms with Crippen LogP contribution in [0.3, 0.4) is 0 Å². The molecule has 134 valence electrons. The van der Waals surface area contributed by atoms with Gasteiger partial charge in [-0.2, -0.15) is 4.98 Å². The standard InChI is InChI=1S/C19H25N3O3/c1-13-8-7-9-14(12-13)16-20-17(25-21-16)15-10-5-6-11-22(15)18(23)24-19(2,3)4/h7-9,12,15H,5-6,10-11H2,1-4H3. The Morgan fingerprint density at radius 3 is 2.84 bits per heavy atom. The van der Waals surface area contributed by atoms with E-state index in [4.69, 9.17) is 9.26 Å². The molecule has 2 aromatic rings. The molecule has 1 aromatic carbocycles. The van der Waals surface area contributed by atoms with Crippen molar-refractivity contribution in [3.63, 3.8) is 0 Å². The molecule has 0 bridgehead atoms. The molecule has 0 saturated carbocycles. The van der Waals surface area contributed by atoms with Gasteiger partial charge in [-0.25, -0.2) is 4.79 Å². The Labute approximate surface area is 148 Å². The second kappa shape index (κ2) is 6.86. The first-order valence-electron chi connectivity index (χ1n) is 8.74. The first-order chi connectivity index (χ1) is 11.8. The Morgan fingerprint density at radius 2 is 2.12 bits per heavy atom. The van der Waals surface area contributed by atoms with Gasteiger partial charge >= 0.3 is 6.09 Å². The molecule has 0 spiro atoms. The van der Waals surface area contributed by atoms with Crippen LogP contribution in [-0.4, -0.2) is 33.3 Å². The van der Waals surface area contributed by atoms with Crippen LogP contribution in [0, 0.1) is 6.92 Å². The molecule has 1 fully saturated rings. The second-order valence-corrected chi connectivity index (χ2v) is 7.51. The topological polar surface area (TPSA) is 68.5 Å². The summed E-state index contributed by atoms with van der Waals surface area (Å²) in [4.78, 5) is 18.8. The molecule has 0 radical (unpaired) electrons. The Hall–Kier alpha value is -2.37. The van der Waals surface area contributed by atoms with Crippen molar-refractivity contribution in [3.8, 4) is 11.4 Å². The summed E-state index contributed by atoms with van der Waals surface area (Å²) in [7, 11) is 0. The molecule has 1 aliphatic heterocycles. The van der Waals surface area contributed by atoms with E-state index < -0.39 is 5.60 Å². The van der Waals surface area contributed by atoms with E-state index in [1.54, 1.807) is 4.90 Å². The zero-order valence-electron chi connectivity index (χ0n) is 15.3. The van der Waals surface area contributed by atoms with Crippen molar-refractivity contribution in [1.82, 2.24) is 15.0 Å². The number of aryl methyl sites for hydroxylation is 1. The van der Waals surface area contributed by atoms with Crippen LogP contribution in [0.1, 0.15) is 57.5 Å². The third kappa shape index (κ3) is 4.18. The van der Waals surface area contributed by atoms with Crippen LogP contribution in [0.15, 0.2) is 28.8 Å². The van der Waals surface area contributed by atoms with E-state index in [-0.39, 0.29) is 12.1 Å². The van der Waals surface area contributed by atoms with Gasteiger partial charge in [-0.05, 0) is 53.0 Å². The molecular formula is C19H25N3O3. The van der Waals surface area contributed by atoms with E-state index in [1.165, 1.54) is 0 Å². The van der Waals surface area contributed by atoms with Crippen LogP contribution in [-0.2, 0) is 4.74 Å². The summed E-state index contributed by atoms with van der Waals surface area (Å²) in [6, 6.07) is 7.73. The van der Waals surface area contributed by atoms with Crippen LogP contribution in [0.5, 0.6) is 0 Å². The predicted octanol–water partition coefficient (Wildman–Crippen LogP) is 4.51. The largest absolute Gasteiger partial charge is 0.444 e. The Bertz CT molecular complexity index is 748. The number of rotatable bonds is 2. The zero-order valence-corrected chi connectivity index (χ0v) is 15.3. The van der Waals surface area contributed by atoms with Gasteiger partial charge in [-0.15, -0.1) is 0 Å². The minimum Gasteiger partial charge on any atom is -0.444 e. The number of ether oxygens (including phenoxy) is 1. The zero-order chi connectivity index (χ0) is 18.0. The van der Waals surface area contributed by atoms with Gasteiger partial charge < -0.3 is 9.26 Å². The minimum atomic E-state index is -0.527. The van der Waals surface area contributed by atoms with E-state index in [2.05, 4.69) is 10.1 Å². The van der Waals surface area contributed by atoms with Gasteiger partial charge in [0.1, 0.15) is 11.6 Å². The molecule has 1 saturated heterocycles. The van der Waals surface area contributed by atoms with Gasteiger partial charge in [0, 0.05) is 12.1 Å². The Morgan fingerprint density at radius 1 is 1.32 bits per heavy atom. The van der Waals surface area contributed by atoms with Crippen LogP contribution in [0.4, 0.5) is 4.79 Å². The molecule has 6 nitrogen and oxygen atoms in total. The predicted molar refractivity (Wildman–Crippen MR) is 94.0 cm³/mol. The first kappa shape index (κ1) is 17.5. The average Bonchev–Trinajstić information content (AvgIpc) is 3.03. The maximum Gasteiger partial charge on any atom is 0.410 e. The second-order valence-electron chi connectivity index (χ2n) is 7.51.